The average molecular weight is 290 g/mol. The van der Waals surface area contributed by atoms with Crippen LogP contribution in [0.15, 0.2) is 11.8 Å². The lowest BCUT2D eigenvalue weighted by Crippen LogP contribution is -2.20. The van der Waals surface area contributed by atoms with Gasteiger partial charge in [-0.05, 0) is 30.5 Å². The van der Waals surface area contributed by atoms with Crippen LogP contribution < -0.4 is 5.73 Å². The molecule has 0 bridgehead atoms. The molecule has 0 aromatic carbocycles. The van der Waals surface area contributed by atoms with Crippen molar-refractivity contribution in [1.82, 2.24) is 0 Å². The average Bonchev–Trinajstić information content (AvgIpc) is 2.36. The van der Waals surface area contributed by atoms with Crippen molar-refractivity contribution < 1.29 is 18.3 Å². The summed E-state index contributed by atoms with van der Waals surface area (Å²) in [5, 5.41) is -0.717. The molecule has 112 valence electrons. The largest absolute Gasteiger partial charge is 0.772 e. The molecule has 0 saturated heterocycles. The number of rotatable bonds is 10. The number of unbranched alkanes of at least 4 members (excludes halogenated alkanes) is 4. The minimum Gasteiger partial charge on any atom is -0.772 e. The minimum absolute atomic E-state index is 0.135. The summed E-state index contributed by atoms with van der Waals surface area (Å²) < 4.78 is 26.9. The van der Waals surface area contributed by atoms with E-state index in [4.69, 9.17) is 10.5 Å². The summed E-state index contributed by atoms with van der Waals surface area (Å²) in [4.78, 5) is 11.3. The Morgan fingerprint density at radius 1 is 1.32 bits per heavy atom. The molecule has 19 heavy (non-hydrogen) atoms. The zero-order valence-electron chi connectivity index (χ0n) is 11.7. The fraction of sp³-hybridized carbons (Fsp3) is 0.769. The van der Waals surface area contributed by atoms with Crippen molar-refractivity contribution in [2.75, 3.05) is 6.61 Å². The molecule has 0 spiro atoms. The van der Waals surface area contributed by atoms with Crippen LogP contribution in [0.2, 0.25) is 0 Å². The van der Waals surface area contributed by atoms with Crippen LogP contribution in [0, 0.1) is 0 Å². The van der Waals surface area contributed by atoms with Crippen LogP contribution in [-0.2, 0) is 20.6 Å². The van der Waals surface area contributed by atoms with Crippen molar-refractivity contribution in [1.29, 1.82) is 0 Å². The Hall–Kier alpha value is -0.880. The lowest BCUT2D eigenvalue weighted by atomic mass is 10.1. The van der Waals surface area contributed by atoms with E-state index in [9.17, 15) is 13.6 Å². The smallest absolute Gasteiger partial charge is 0.353 e. The molecule has 0 fully saturated rings. The molecule has 0 aliphatic carbocycles. The van der Waals surface area contributed by atoms with Crippen LogP contribution in [-0.4, -0.2) is 26.6 Å². The molecule has 0 amide bonds. The van der Waals surface area contributed by atoms with E-state index >= 15 is 0 Å². The Labute approximate surface area is 117 Å². The summed E-state index contributed by atoms with van der Waals surface area (Å²) in [6.07, 6.45) is 6.98. The zero-order chi connectivity index (χ0) is 14.7. The molecular weight excluding hydrogens is 266 g/mol. The zero-order valence-corrected chi connectivity index (χ0v) is 12.5. The van der Waals surface area contributed by atoms with Gasteiger partial charge in [-0.2, -0.15) is 0 Å². The number of hydrogen-bond acceptors (Lipinski definition) is 5. The number of carbonyl (C=O) groups is 1. The van der Waals surface area contributed by atoms with Crippen LogP contribution in [0.4, 0.5) is 0 Å². The van der Waals surface area contributed by atoms with Gasteiger partial charge in [0.15, 0.2) is 0 Å². The maximum atomic E-state index is 11.3. The van der Waals surface area contributed by atoms with E-state index in [0.717, 1.165) is 32.1 Å². The molecule has 0 heterocycles. The highest BCUT2D eigenvalue weighted by Gasteiger charge is 2.11. The summed E-state index contributed by atoms with van der Waals surface area (Å²) in [5.74, 6) is -0.663. The summed E-state index contributed by atoms with van der Waals surface area (Å²) in [7, 11) is 0. The molecule has 0 aliphatic heterocycles. The van der Waals surface area contributed by atoms with Gasteiger partial charge in [-0.1, -0.05) is 39.0 Å². The Morgan fingerprint density at radius 3 is 2.47 bits per heavy atom. The normalized spacial score (nSPS) is 15.0. The lowest BCUT2D eigenvalue weighted by Gasteiger charge is -2.16. The fourth-order valence-electron chi connectivity index (χ4n) is 1.67. The fourth-order valence-corrected chi connectivity index (χ4v) is 2.28. The molecule has 2 unspecified atom stereocenters. The van der Waals surface area contributed by atoms with Gasteiger partial charge in [-0.15, -0.1) is 0 Å². The number of hydrogen-bond donors (Lipinski definition) is 1. The SMILES string of the molecule is CCCCCCCC(C=C(N)C(=O)OCC)S(=O)[O-]. The molecule has 0 radical (unpaired) electrons. The maximum absolute atomic E-state index is 11.3. The number of ether oxygens (including phenoxy) is 1. The number of esters is 1. The van der Waals surface area contributed by atoms with Gasteiger partial charge in [0.2, 0.25) is 0 Å². The van der Waals surface area contributed by atoms with Crippen LogP contribution in [0.1, 0.15) is 52.4 Å². The Morgan fingerprint density at radius 2 is 1.95 bits per heavy atom. The van der Waals surface area contributed by atoms with E-state index in [-0.39, 0.29) is 12.3 Å². The van der Waals surface area contributed by atoms with Crippen LogP contribution in [0.5, 0.6) is 0 Å². The first-order valence-corrected chi connectivity index (χ1v) is 7.89. The van der Waals surface area contributed by atoms with Gasteiger partial charge in [0.05, 0.1) is 6.61 Å². The second-order valence-corrected chi connectivity index (χ2v) is 5.47. The van der Waals surface area contributed by atoms with Gasteiger partial charge >= 0.3 is 5.97 Å². The third-order valence-corrected chi connectivity index (χ3v) is 3.58. The summed E-state index contributed by atoms with van der Waals surface area (Å²) >= 11 is -2.27. The van der Waals surface area contributed by atoms with Crippen molar-refractivity contribution in [2.24, 2.45) is 5.73 Å². The van der Waals surface area contributed by atoms with Crippen LogP contribution >= 0.6 is 0 Å². The first kappa shape index (κ1) is 18.1. The number of carbonyl (C=O) groups excluding carboxylic acids is 1. The Bertz CT molecular complexity index is 318. The highest BCUT2D eigenvalue weighted by atomic mass is 32.2. The van der Waals surface area contributed by atoms with Crippen molar-refractivity contribution in [3.05, 3.63) is 11.8 Å². The molecule has 0 aliphatic rings. The third-order valence-electron chi connectivity index (χ3n) is 2.72. The van der Waals surface area contributed by atoms with E-state index in [1.165, 1.54) is 6.08 Å². The van der Waals surface area contributed by atoms with Gasteiger partial charge in [-0.3, -0.25) is 4.21 Å². The van der Waals surface area contributed by atoms with Crippen molar-refractivity contribution in [3.63, 3.8) is 0 Å². The van der Waals surface area contributed by atoms with Crippen molar-refractivity contribution in [2.45, 2.75) is 57.6 Å². The summed E-state index contributed by atoms with van der Waals surface area (Å²) in [6.45, 7) is 4.01. The van der Waals surface area contributed by atoms with Gasteiger partial charge < -0.3 is 15.0 Å². The molecule has 2 atom stereocenters. The second-order valence-electron chi connectivity index (χ2n) is 4.34. The molecule has 0 rings (SSSR count). The Balaban J connectivity index is 4.28. The van der Waals surface area contributed by atoms with Gasteiger partial charge in [0, 0.05) is 5.25 Å². The van der Waals surface area contributed by atoms with Crippen molar-refractivity contribution in [3.8, 4) is 0 Å². The second kappa shape index (κ2) is 11.0. The minimum atomic E-state index is -2.27. The van der Waals surface area contributed by atoms with E-state index < -0.39 is 22.3 Å². The third kappa shape index (κ3) is 8.77. The van der Waals surface area contributed by atoms with Gasteiger partial charge in [0.25, 0.3) is 0 Å². The topological polar surface area (TPSA) is 92.5 Å². The quantitative estimate of drug-likeness (QED) is 0.287. The van der Waals surface area contributed by atoms with E-state index in [0.29, 0.717) is 6.42 Å². The van der Waals surface area contributed by atoms with Gasteiger partial charge in [-0.25, -0.2) is 4.79 Å². The standard InChI is InChI=1S/C13H25NO4S/c1-3-5-6-7-8-9-11(19(16)17)10-12(14)13(15)18-4-2/h10-11H,3-9,14H2,1-2H3,(H,16,17)/p-1. The molecule has 6 heteroatoms. The van der Waals surface area contributed by atoms with Crippen LogP contribution in [0.3, 0.4) is 0 Å². The lowest BCUT2D eigenvalue weighted by molar-refractivity contribution is -0.138. The highest BCUT2D eigenvalue weighted by molar-refractivity contribution is 7.80. The van der Waals surface area contributed by atoms with E-state index in [1.807, 2.05) is 0 Å². The van der Waals surface area contributed by atoms with Gasteiger partial charge in [0.1, 0.15) is 5.70 Å². The maximum Gasteiger partial charge on any atom is 0.353 e. The molecule has 0 aromatic heterocycles. The molecule has 2 N–H and O–H groups in total. The van der Waals surface area contributed by atoms with Crippen molar-refractivity contribution >= 4 is 17.0 Å². The van der Waals surface area contributed by atoms with E-state index in [2.05, 4.69) is 6.92 Å². The molecule has 5 nitrogen and oxygen atoms in total. The monoisotopic (exact) mass is 290 g/mol. The number of nitrogens with two attached hydrogens (primary N) is 1. The summed E-state index contributed by atoms with van der Waals surface area (Å²) in [5.41, 5.74) is 5.37. The predicted octanol–water partition coefficient (Wildman–Crippen LogP) is 2.00. The van der Waals surface area contributed by atoms with Crippen LogP contribution in [0.25, 0.3) is 0 Å². The highest BCUT2D eigenvalue weighted by Crippen LogP contribution is 2.12. The summed E-state index contributed by atoms with van der Waals surface area (Å²) in [6, 6.07) is 0. The first-order valence-electron chi connectivity index (χ1n) is 6.75. The molecular formula is C13H24NO4S-. The first-order chi connectivity index (χ1) is 9.02. The Kier molecular flexibility index (Phi) is 10.5. The molecule has 0 saturated carbocycles. The van der Waals surface area contributed by atoms with E-state index in [1.54, 1.807) is 6.92 Å². The molecule has 0 aromatic rings. The predicted molar refractivity (Wildman–Crippen MR) is 75.0 cm³/mol.